The van der Waals surface area contributed by atoms with E-state index >= 15 is 0 Å². The van der Waals surface area contributed by atoms with Gasteiger partial charge in [0, 0.05) is 32.7 Å². The van der Waals surface area contributed by atoms with Crippen LogP contribution in [0.5, 0.6) is 5.75 Å². The number of halogens is 3. The molecule has 0 fully saturated rings. The molecule has 3 nitrogen and oxygen atoms in total. The maximum Gasteiger partial charge on any atom is 0.256 e. The first-order valence-corrected chi connectivity index (χ1v) is 7.56. The third-order valence-corrected chi connectivity index (χ3v) is 3.71. The molecule has 1 heterocycles. The molecule has 1 aromatic carbocycles. The van der Waals surface area contributed by atoms with Crippen LogP contribution in [0.3, 0.4) is 0 Å². The van der Waals surface area contributed by atoms with Crippen LogP contribution in [0.4, 0.5) is 8.78 Å². The zero-order valence-corrected chi connectivity index (χ0v) is 17.2. The van der Waals surface area contributed by atoms with Gasteiger partial charge in [-0.15, -0.1) is 22.0 Å². The Labute approximate surface area is 167 Å². The molecule has 0 atom stereocenters. The van der Waals surface area contributed by atoms with Crippen molar-refractivity contribution in [1.82, 2.24) is 4.57 Å². The van der Waals surface area contributed by atoms with Crippen LogP contribution < -0.4 is 10.3 Å². The molecular weight excluding hydrogens is 445 g/mol. The first kappa shape index (κ1) is 20.5. The number of aromatic nitrogens is 1. The zero-order chi connectivity index (χ0) is 16.3. The predicted molar refractivity (Wildman–Crippen MR) is 84.6 cm³/mol. The molecule has 0 aliphatic rings. The van der Waals surface area contributed by atoms with Crippen LogP contribution in [-0.2, 0) is 39.3 Å². The van der Waals surface area contributed by atoms with E-state index in [-0.39, 0.29) is 37.2 Å². The third-order valence-electron chi connectivity index (χ3n) is 3.14. The molecule has 1 aromatic heterocycles. The van der Waals surface area contributed by atoms with Crippen molar-refractivity contribution in [3.8, 4) is 17.0 Å². The van der Waals surface area contributed by atoms with Gasteiger partial charge in [0.2, 0.25) is 5.56 Å². The SMILES string of the molecule is CCOc1ccc(-c2[c-]cc(Br)c(=O)n2CC(F)F)c(C)c1.[Y]. The fourth-order valence-corrected chi connectivity index (χ4v) is 2.52. The summed E-state index contributed by atoms with van der Waals surface area (Å²) < 4.78 is 32.2. The molecule has 0 amide bonds. The number of hydrogen-bond donors (Lipinski definition) is 0. The molecule has 2 aromatic rings. The van der Waals surface area contributed by atoms with E-state index in [4.69, 9.17) is 4.74 Å². The molecule has 0 bridgehead atoms. The van der Waals surface area contributed by atoms with Gasteiger partial charge in [-0.3, -0.25) is 4.79 Å². The number of pyridine rings is 1. The van der Waals surface area contributed by atoms with Crippen LogP contribution in [-0.4, -0.2) is 17.6 Å². The summed E-state index contributed by atoms with van der Waals surface area (Å²) >= 11 is 3.06. The van der Waals surface area contributed by atoms with E-state index in [1.807, 2.05) is 19.9 Å². The van der Waals surface area contributed by atoms with E-state index < -0.39 is 18.5 Å². The zero-order valence-electron chi connectivity index (χ0n) is 12.8. The molecule has 0 saturated heterocycles. The van der Waals surface area contributed by atoms with Gasteiger partial charge in [0.15, 0.2) is 0 Å². The smallest absolute Gasteiger partial charge is 0.256 e. The van der Waals surface area contributed by atoms with Crippen LogP contribution >= 0.6 is 15.9 Å². The molecule has 7 heteroatoms. The molecule has 0 N–H and O–H groups in total. The largest absolute Gasteiger partial charge is 0.494 e. The molecule has 1 radical (unpaired) electrons. The number of alkyl halides is 2. The van der Waals surface area contributed by atoms with Crippen molar-refractivity contribution in [2.24, 2.45) is 0 Å². The van der Waals surface area contributed by atoms with E-state index in [0.717, 1.165) is 10.1 Å². The molecule has 2 rings (SSSR count). The number of ether oxygens (including phenoxy) is 1. The van der Waals surface area contributed by atoms with Crippen molar-refractivity contribution in [1.29, 1.82) is 0 Å². The van der Waals surface area contributed by atoms with Gasteiger partial charge in [0.05, 0.1) is 13.2 Å². The van der Waals surface area contributed by atoms with Crippen LogP contribution in [0, 0.1) is 13.0 Å². The minimum Gasteiger partial charge on any atom is -0.494 e. The van der Waals surface area contributed by atoms with E-state index in [1.165, 1.54) is 6.07 Å². The van der Waals surface area contributed by atoms with Crippen LogP contribution in [0.2, 0.25) is 0 Å². The molecule has 0 saturated carbocycles. The Morgan fingerprint density at radius 2 is 2.09 bits per heavy atom. The summed E-state index contributed by atoms with van der Waals surface area (Å²) in [5, 5.41) is 0. The van der Waals surface area contributed by atoms with Crippen molar-refractivity contribution in [3.05, 3.63) is 50.7 Å². The number of nitrogens with zero attached hydrogens (tertiary/aromatic N) is 1. The summed E-state index contributed by atoms with van der Waals surface area (Å²) in [6.45, 7) is 3.59. The van der Waals surface area contributed by atoms with Gasteiger partial charge in [-0.25, -0.2) is 8.78 Å². The number of hydrogen-bond acceptors (Lipinski definition) is 2. The van der Waals surface area contributed by atoms with Gasteiger partial charge in [-0.1, -0.05) is 23.7 Å². The number of rotatable bonds is 5. The second-order valence-electron chi connectivity index (χ2n) is 4.70. The van der Waals surface area contributed by atoms with Gasteiger partial charge in [-0.05, 0) is 23.5 Å². The number of benzene rings is 1. The van der Waals surface area contributed by atoms with Gasteiger partial charge in [0.25, 0.3) is 6.43 Å². The van der Waals surface area contributed by atoms with Crippen LogP contribution in [0.1, 0.15) is 12.5 Å². The quantitative estimate of drug-likeness (QED) is 0.631. The normalized spacial score (nSPS) is 10.5. The summed E-state index contributed by atoms with van der Waals surface area (Å²) in [6, 6.07) is 9.67. The molecule has 0 aliphatic carbocycles. The van der Waals surface area contributed by atoms with Crippen molar-refractivity contribution in [3.63, 3.8) is 0 Å². The second kappa shape index (κ2) is 9.04. The fraction of sp³-hybridized carbons (Fsp3) is 0.312. The monoisotopic (exact) mass is 459 g/mol. The average molecular weight is 460 g/mol. The van der Waals surface area contributed by atoms with Gasteiger partial charge in [-0.2, -0.15) is 12.1 Å². The van der Waals surface area contributed by atoms with Crippen molar-refractivity contribution in [2.45, 2.75) is 26.8 Å². The van der Waals surface area contributed by atoms with Crippen molar-refractivity contribution < 1.29 is 46.2 Å². The topological polar surface area (TPSA) is 31.2 Å². The maximum absolute atomic E-state index is 12.8. The predicted octanol–water partition coefficient (Wildman–Crippen LogP) is 4.05. The minimum atomic E-state index is -2.62. The van der Waals surface area contributed by atoms with E-state index in [9.17, 15) is 13.6 Å². The van der Waals surface area contributed by atoms with E-state index in [0.29, 0.717) is 23.6 Å². The summed E-state index contributed by atoms with van der Waals surface area (Å²) in [4.78, 5) is 12.1. The Kier molecular flexibility index (Phi) is 8.04. The summed E-state index contributed by atoms with van der Waals surface area (Å²) in [6.07, 6.45) is -2.62. The Hall–Kier alpha value is -0.586. The second-order valence-corrected chi connectivity index (χ2v) is 5.56. The fourth-order valence-electron chi connectivity index (χ4n) is 2.20. The Balaban J connectivity index is 0.00000264. The first-order chi connectivity index (χ1) is 10.4. The van der Waals surface area contributed by atoms with Crippen LogP contribution in [0.25, 0.3) is 11.3 Å². The Morgan fingerprint density at radius 3 is 2.65 bits per heavy atom. The van der Waals surface area contributed by atoms with Crippen LogP contribution in [0.15, 0.2) is 33.5 Å². The Morgan fingerprint density at radius 1 is 1.39 bits per heavy atom. The maximum atomic E-state index is 12.8. The summed E-state index contributed by atoms with van der Waals surface area (Å²) in [7, 11) is 0. The summed E-state index contributed by atoms with van der Waals surface area (Å²) in [5.74, 6) is 0.698. The van der Waals surface area contributed by atoms with E-state index in [2.05, 4.69) is 22.0 Å². The molecule has 23 heavy (non-hydrogen) atoms. The van der Waals surface area contributed by atoms with Gasteiger partial charge < -0.3 is 9.30 Å². The summed E-state index contributed by atoms with van der Waals surface area (Å²) in [5.41, 5.74) is 1.34. The molecule has 121 valence electrons. The van der Waals surface area contributed by atoms with Gasteiger partial charge in [0.1, 0.15) is 5.75 Å². The van der Waals surface area contributed by atoms with E-state index in [1.54, 1.807) is 12.1 Å². The molecule has 0 spiro atoms. The molecule has 0 unspecified atom stereocenters. The standard InChI is InChI=1S/C16H15BrF2NO2.Y/c1-3-22-11-4-5-12(10(2)8-11)14-7-6-13(17)16(21)20(14)9-15(18)19;/h4-6,8,15H,3,9H2,1-2H3;/q-1;. The molecular formula is C16H15BrF2NO2Y-. The van der Waals surface area contributed by atoms with Gasteiger partial charge >= 0.3 is 0 Å². The average Bonchev–Trinajstić information content (AvgIpc) is 2.45. The van der Waals surface area contributed by atoms with Crippen molar-refractivity contribution >= 4 is 15.9 Å². The Bertz CT molecular complexity index is 735. The number of aryl methyl sites for hydroxylation is 1. The van der Waals surface area contributed by atoms with Crippen molar-refractivity contribution in [2.75, 3.05) is 6.61 Å². The third kappa shape index (κ3) is 4.94. The first-order valence-electron chi connectivity index (χ1n) is 6.77. The minimum absolute atomic E-state index is 0. The molecule has 0 aliphatic heterocycles.